The summed E-state index contributed by atoms with van der Waals surface area (Å²) in [6.45, 7) is 8.08. The van der Waals surface area contributed by atoms with Crippen molar-refractivity contribution >= 4 is 29.2 Å². The first-order valence-corrected chi connectivity index (χ1v) is 10.4. The standard InChI is InChI=1S/C20H28N4O2S/c1-16-6-4-5-9-23(16)19(25)14-21-10-12-22(13-11-21)15-24-17-7-2-3-8-18(17)26-20(24)27/h2-3,7-8,16H,4-6,9-15H2,1H3. The molecule has 1 aromatic carbocycles. The van der Waals surface area contributed by atoms with Crippen molar-refractivity contribution in [1.29, 1.82) is 0 Å². The molecule has 1 aromatic heterocycles. The van der Waals surface area contributed by atoms with Gasteiger partial charge in [-0.3, -0.25) is 19.2 Å². The molecule has 6 nitrogen and oxygen atoms in total. The Morgan fingerprint density at radius 1 is 1.11 bits per heavy atom. The minimum Gasteiger partial charge on any atom is -0.429 e. The Bertz CT molecular complexity index is 853. The van der Waals surface area contributed by atoms with Gasteiger partial charge in [0.05, 0.1) is 18.7 Å². The zero-order valence-electron chi connectivity index (χ0n) is 16.0. The molecule has 0 spiro atoms. The van der Waals surface area contributed by atoms with Gasteiger partial charge in [0.1, 0.15) is 0 Å². The minimum absolute atomic E-state index is 0.290. The van der Waals surface area contributed by atoms with Crippen LogP contribution < -0.4 is 0 Å². The van der Waals surface area contributed by atoms with Crippen molar-refractivity contribution < 1.29 is 9.21 Å². The van der Waals surface area contributed by atoms with Crippen molar-refractivity contribution in [2.24, 2.45) is 0 Å². The molecule has 1 unspecified atom stereocenters. The van der Waals surface area contributed by atoms with E-state index in [0.717, 1.165) is 63.3 Å². The highest BCUT2D eigenvalue weighted by molar-refractivity contribution is 7.71. The Hall–Kier alpha value is -1.70. The summed E-state index contributed by atoms with van der Waals surface area (Å²) in [6.07, 6.45) is 3.52. The molecule has 2 fully saturated rings. The molecule has 2 saturated heterocycles. The van der Waals surface area contributed by atoms with Gasteiger partial charge in [0.25, 0.3) is 4.84 Å². The molecule has 0 aliphatic carbocycles. The lowest BCUT2D eigenvalue weighted by atomic mass is 10.0. The van der Waals surface area contributed by atoms with Crippen LogP contribution in [0.3, 0.4) is 0 Å². The van der Waals surface area contributed by atoms with Gasteiger partial charge >= 0.3 is 0 Å². The molecule has 2 aliphatic heterocycles. The molecule has 1 atom stereocenters. The quantitative estimate of drug-likeness (QED) is 0.754. The summed E-state index contributed by atoms with van der Waals surface area (Å²) in [5, 5.41) is 0. The van der Waals surface area contributed by atoms with Crippen LogP contribution in [0.4, 0.5) is 0 Å². The average Bonchev–Trinajstić information content (AvgIpc) is 2.99. The van der Waals surface area contributed by atoms with E-state index >= 15 is 0 Å². The van der Waals surface area contributed by atoms with Crippen LogP contribution >= 0.6 is 12.2 Å². The molecule has 1 amide bonds. The second kappa shape index (κ2) is 8.12. The van der Waals surface area contributed by atoms with Crippen LogP contribution in [0.1, 0.15) is 26.2 Å². The molecular formula is C20H28N4O2S. The fourth-order valence-electron chi connectivity index (χ4n) is 4.19. The molecule has 0 radical (unpaired) electrons. The number of carbonyl (C=O) groups is 1. The number of carbonyl (C=O) groups excluding carboxylic acids is 1. The summed E-state index contributed by atoms with van der Waals surface area (Å²) in [5.41, 5.74) is 1.88. The summed E-state index contributed by atoms with van der Waals surface area (Å²) in [7, 11) is 0. The first-order valence-electron chi connectivity index (χ1n) is 9.94. The number of aromatic nitrogens is 1. The minimum atomic E-state index is 0.290. The number of benzene rings is 1. The first-order chi connectivity index (χ1) is 13.1. The molecule has 146 valence electrons. The van der Waals surface area contributed by atoms with E-state index in [9.17, 15) is 4.79 Å². The number of hydrogen-bond donors (Lipinski definition) is 0. The van der Waals surface area contributed by atoms with Crippen LogP contribution in [0.25, 0.3) is 11.1 Å². The van der Waals surface area contributed by atoms with E-state index in [0.29, 0.717) is 23.3 Å². The Morgan fingerprint density at radius 3 is 2.63 bits per heavy atom. The SMILES string of the molecule is CC1CCCCN1C(=O)CN1CCN(Cn2c(=S)oc3ccccc32)CC1. The molecule has 7 heteroatoms. The third-order valence-corrected chi connectivity index (χ3v) is 6.17. The molecule has 2 aromatic rings. The average molecular weight is 389 g/mol. The van der Waals surface area contributed by atoms with Crippen molar-refractivity contribution in [2.45, 2.75) is 38.9 Å². The summed E-state index contributed by atoms with van der Waals surface area (Å²) in [5.74, 6) is 0.290. The summed E-state index contributed by atoms with van der Waals surface area (Å²) in [6, 6.07) is 8.36. The number of amides is 1. The van der Waals surface area contributed by atoms with E-state index in [1.54, 1.807) is 0 Å². The van der Waals surface area contributed by atoms with Gasteiger partial charge in [0, 0.05) is 38.8 Å². The van der Waals surface area contributed by atoms with Gasteiger partial charge in [-0.25, -0.2) is 0 Å². The van der Waals surface area contributed by atoms with Gasteiger partial charge in [-0.2, -0.15) is 0 Å². The number of oxazole rings is 1. The lowest BCUT2D eigenvalue weighted by Gasteiger charge is -2.38. The van der Waals surface area contributed by atoms with Crippen LogP contribution in [-0.4, -0.2) is 70.5 Å². The maximum absolute atomic E-state index is 12.6. The molecule has 0 bridgehead atoms. The van der Waals surface area contributed by atoms with Gasteiger partial charge in [0.2, 0.25) is 5.91 Å². The molecule has 2 aliphatic rings. The third kappa shape index (κ3) is 4.10. The highest BCUT2D eigenvalue weighted by Gasteiger charge is 2.26. The summed E-state index contributed by atoms with van der Waals surface area (Å²) < 4.78 is 7.74. The molecule has 0 N–H and O–H groups in total. The lowest BCUT2D eigenvalue weighted by molar-refractivity contribution is -0.136. The number of nitrogens with zero attached hydrogens (tertiary/aromatic N) is 4. The smallest absolute Gasteiger partial charge is 0.270 e. The van der Waals surface area contributed by atoms with Crippen molar-refractivity contribution in [2.75, 3.05) is 39.3 Å². The van der Waals surface area contributed by atoms with Gasteiger partial charge in [-0.15, -0.1) is 0 Å². The van der Waals surface area contributed by atoms with Crippen molar-refractivity contribution in [3.8, 4) is 0 Å². The molecule has 4 rings (SSSR count). The van der Waals surface area contributed by atoms with Crippen LogP contribution in [0, 0.1) is 4.84 Å². The number of likely N-dealkylation sites (tertiary alicyclic amines) is 1. The summed E-state index contributed by atoms with van der Waals surface area (Å²) in [4.78, 5) is 19.9. The third-order valence-electron chi connectivity index (χ3n) is 5.86. The van der Waals surface area contributed by atoms with Gasteiger partial charge in [-0.05, 0) is 50.5 Å². The molecule has 27 heavy (non-hydrogen) atoms. The highest BCUT2D eigenvalue weighted by atomic mass is 32.1. The van der Waals surface area contributed by atoms with Gasteiger partial charge in [-0.1, -0.05) is 12.1 Å². The van der Waals surface area contributed by atoms with Crippen LogP contribution in [0.5, 0.6) is 0 Å². The second-order valence-electron chi connectivity index (χ2n) is 7.73. The number of fused-ring (bicyclic) bond motifs is 1. The Balaban J connectivity index is 1.32. The highest BCUT2D eigenvalue weighted by Crippen LogP contribution is 2.19. The zero-order valence-corrected chi connectivity index (χ0v) is 16.8. The van der Waals surface area contributed by atoms with E-state index in [1.165, 1.54) is 6.42 Å². The van der Waals surface area contributed by atoms with E-state index < -0.39 is 0 Å². The predicted octanol–water partition coefficient (Wildman–Crippen LogP) is 2.94. The van der Waals surface area contributed by atoms with Crippen molar-refractivity contribution in [1.82, 2.24) is 19.3 Å². The van der Waals surface area contributed by atoms with E-state index in [2.05, 4.69) is 26.2 Å². The largest absolute Gasteiger partial charge is 0.429 e. The predicted molar refractivity (Wildman–Crippen MR) is 108 cm³/mol. The maximum atomic E-state index is 12.6. The Morgan fingerprint density at radius 2 is 1.85 bits per heavy atom. The van der Waals surface area contributed by atoms with Gasteiger partial charge in [0.15, 0.2) is 5.58 Å². The van der Waals surface area contributed by atoms with Crippen LogP contribution in [0.15, 0.2) is 28.7 Å². The topological polar surface area (TPSA) is 44.9 Å². The van der Waals surface area contributed by atoms with Crippen LogP contribution in [-0.2, 0) is 11.5 Å². The monoisotopic (exact) mass is 388 g/mol. The molecular weight excluding hydrogens is 360 g/mol. The number of rotatable bonds is 4. The fourth-order valence-corrected chi connectivity index (χ4v) is 4.43. The number of piperidine rings is 1. The Kier molecular flexibility index (Phi) is 5.61. The first kappa shape index (κ1) is 18.7. The second-order valence-corrected chi connectivity index (χ2v) is 8.08. The number of piperazine rings is 1. The zero-order chi connectivity index (χ0) is 18.8. The number of hydrogen-bond acceptors (Lipinski definition) is 5. The van der Waals surface area contributed by atoms with Gasteiger partial charge < -0.3 is 9.32 Å². The normalized spacial score (nSPS) is 22.4. The van der Waals surface area contributed by atoms with E-state index in [1.807, 2.05) is 24.3 Å². The summed E-state index contributed by atoms with van der Waals surface area (Å²) >= 11 is 5.39. The van der Waals surface area contributed by atoms with Crippen LogP contribution in [0.2, 0.25) is 0 Å². The van der Waals surface area contributed by atoms with E-state index in [4.69, 9.17) is 16.6 Å². The fraction of sp³-hybridized carbons (Fsp3) is 0.600. The number of para-hydroxylation sites is 2. The van der Waals surface area contributed by atoms with Crippen molar-refractivity contribution in [3.63, 3.8) is 0 Å². The maximum Gasteiger partial charge on any atom is 0.270 e. The van der Waals surface area contributed by atoms with Crippen molar-refractivity contribution in [3.05, 3.63) is 29.1 Å². The lowest BCUT2D eigenvalue weighted by Crippen LogP contribution is -2.52. The molecule has 0 saturated carbocycles. The Labute approximate surface area is 165 Å². The van der Waals surface area contributed by atoms with E-state index in [-0.39, 0.29) is 0 Å². The molecule has 3 heterocycles.